The molecule has 1 amide bonds. The molecular formula is C11H17BrN2O2. The Morgan fingerprint density at radius 3 is 2.44 bits per heavy atom. The Bertz CT molecular complexity index is 397. The molecule has 1 aromatic heterocycles. The van der Waals surface area contributed by atoms with Gasteiger partial charge in [0.1, 0.15) is 0 Å². The van der Waals surface area contributed by atoms with Crippen molar-refractivity contribution in [3.63, 3.8) is 0 Å². The molecular weight excluding hydrogens is 272 g/mol. The van der Waals surface area contributed by atoms with Crippen LogP contribution in [0.15, 0.2) is 4.42 Å². The largest absolute Gasteiger partial charge is 0.436 e. The van der Waals surface area contributed by atoms with E-state index >= 15 is 0 Å². The van der Waals surface area contributed by atoms with E-state index in [-0.39, 0.29) is 16.3 Å². The molecule has 0 radical (unpaired) electrons. The Labute approximate surface area is 104 Å². The van der Waals surface area contributed by atoms with E-state index < -0.39 is 0 Å². The number of alkyl halides is 1. The molecule has 0 fully saturated rings. The third-order valence-electron chi connectivity index (χ3n) is 2.54. The normalized spacial score (nSPS) is 13.6. The Morgan fingerprint density at radius 1 is 1.50 bits per heavy atom. The molecule has 4 nitrogen and oxygen atoms in total. The fraction of sp³-hybridized carbons (Fsp3) is 0.636. The van der Waals surface area contributed by atoms with Crippen LogP contribution in [0, 0.1) is 13.8 Å². The monoisotopic (exact) mass is 288 g/mol. The van der Waals surface area contributed by atoms with Crippen LogP contribution in [-0.2, 0) is 0 Å². The van der Waals surface area contributed by atoms with Gasteiger partial charge in [-0.1, -0.05) is 22.9 Å². The molecule has 5 heteroatoms. The third kappa shape index (κ3) is 2.84. The van der Waals surface area contributed by atoms with Crippen LogP contribution in [0.4, 0.5) is 0 Å². The Balaban J connectivity index is 2.85. The summed E-state index contributed by atoms with van der Waals surface area (Å²) in [5.41, 5.74) is 0.276. The van der Waals surface area contributed by atoms with Crippen LogP contribution in [-0.4, -0.2) is 21.3 Å². The quantitative estimate of drug-likeness (QED) is 0.870. The first-order valence-electron chi connectivity index (χ1n) is 5.14. The number of aromatic nitrogens is 1. The molecule has 1 aromatic rings. The molecule has 1 rings (SSSR count). The van der Waals surface area contributed by atoms with Crippen LogP contribution < -0.4 is 5.32 Å². The highest BCUT2D eigenvalue weighted by atomic mass is 79.9. The number of oxazole rings is 1. The molecule has 0 saturated carbocycles. The van der Waals surface area contributed by atoms with Gasteiger partial charge in [-0.3, -0.25) is 4.79 Å². The van der Waals surface area contributed by atoms with E-state index in [2.05, 4.69) is 26.2 Å². The highest BCUT2D eigenvalue weighted by Crippen LogP contribution is 2.18. The van der Waals surface area contributed by atoms with Gasteiger partial charge in [0.05, 0.1) is 5.69 Å². The summed E-state index contributed by atoms with van der Waals surface area (Å²) >= 11 is 3.46. The van der Waals surface area contributed by atoms with Gasteiger partial charge in [-0.05, 0) is 20.8 Å². The van der Waals surface area contributed by atoms with E-state index in [0.29, 0.717) is 17.3 Å². The minimum atomic E-state index is -0.343. The molecule has 0 aliphatic carbocycles. The summed E-state index contributed by atoms with van der Waals surface area (Å²) < 4.78 is 5.26. The first kappa shape index (κ1) is 13.2. The first-order chi connectivity index (χ1) is 7.24. The molecule has 0 aliphatic rings. The SMILES string of the molecule is Cc1nc(C)c(C(=O)NC(C)(C)C(C)Br)o1. The molecule has 16 heavy (non-hydrogen) atoms. The van der Waals surface area contributed by atoms with Gasteiger partial charge in [0.15, 0.2) is 5.89 Å². The number of nitrogens with one attached hydrogen (secondary N) is 1. The van der Waals surface area contributed by atoms with Crippen molar-refractivity contribution < 1.29 is 9.21 Å². The average Bonchev–Trinajstić information content (AvgIpc) is 2.44. The lowest BCUT2D eigenvalue weighted by molar-refractivity contribution is 0.0883. The van der Waals surface area contributed by atoms with Gasteiger partial charge in [0.2, 0.25) is 5.76 Å². The topological polar surface area (TPSA) is 55.1 Å². The Hall–Kier alpha value is -0.840. The zero-order valence-electron chi connectivity index (χ0n) is 10.2. The molecule has 0 bridgehead atoms. The van der Waals surface area contributed by atoms with Gasteiger partial charge < -0.3 is 9.73 Å². The lowest BCUT2D eigenvalue weighted by Gasteiger charge is -2.28. The standard InChI is InChI=1S/C11H17BrN2O2/c1-6-9(16-8(3)13-6)10(15)14-11(4,5)7(2)12/h7H,1-5H3,(H,14,15). The van der Waals surface area contributed by atoms with Crippen molar-refractivity contribution >= 4 is 21.8 Å². The fourth-order valence-electron chi connectivity index (χ4n) is 1.19. The summed E-state index contributed by atoms with van der Waals surface area (Å²) in [6, 6.07) is 0. The molecule has 0 aromatic carbocycles. The van der Waals surface area contributed by atoms with Crippen molar-refractivity contribution in [3.8, 4) is 0 Å². The van der Waals surface area contributed by atoms with Crippen molar-refractivity contribution in [2.24, 2.45) is 0 Å². The van der Waals surface area contributed by atoms with Crippen molar-refractivity contribution in [3.05, 3.63) is 17.3 Å². The number of amides is 1. The zero-order valence-corrected chi connectivity index (χ0v) is 11.8. The number of aryl methyl sites for hydroxylation is 2. The number of hydrogen-bond acceptors (Lipinski definition) is 3. The zero-order chi connectivity index (χ0) is 12.5. The van der Waals surface area contributed by atoms with Crippen LogP contribution in [0.3, 0.4) is 0 Å². The van der Waals surface area contributed by atoms with Gasteiger partial charge in [0, 0.05) is 17.3 Å². The Morgan fingerprint density at radius 2 is 2.06 bits per heavy atom. The van der Waals surface area contributed by atoms with Crippen molar-refractivity contribution in [1.82, 2.24) is 10.3 Å². The second kappa shape index (κ2) is 4.57. The van der Waals surface area contributed by atoms with Crippen LogP contribution >= 0.6 is 15.9 Å². The smallest absolute Gasteiger partial charge is 0.289 e. The molecule has 1 heterocycles. The van der Waals surface area contributed by atoms with Crippen LogP contribution in [0.2, 0.25) is 0 Å². The lowest BCUT2D eigenvalue weighted by Crippen LogP contribution is -2.48. The number of carbonyl (C=O) groups is 1. The minimum Gasteiger partial charge on any atom is -0.436 e. The molecule has 1 unspecified atom stereocenters. The molecule has 0 aliphatic heterocycles. The maximum Gasteiger partial charge on any atom is 0.289 e. The van der Waals surface area contributed by atoms with Gasteiger partial charge in [-0.25, -0.2) is 4.98 Å². The van der Waals surface area contributed by atoms with Gasteiger partial charge >= 0.3 is 0 Å². The highest BCUT2D eigenvalue weighted by Gasteiger charge is 2.28. The second-order valence-corrected chi connectivity index (χ2v) is 5.81. The molecule has 0 spiro atoms. The third-order valence-corrected chi connectivity index (χ3v) is 3.68. The van der Waals surface area contributed by atoms with Crippen molar-refractivity contribution in [2.45, 2.75) is 45.0 Å². The predicted octanol–water partition coefficient (Wildman–Crippen LogP) is 2.58. The van der Waals surface area contributed by atoms with Crippen LogP contribution in [0.5, 0.6) is 0 Å². The minimum absolute atomic E-state index is 0.160. The number of rotatable bonds is 3. The fourth-order valence-corrected chi connectivity index (χ4v) is 1.31. The summed E-state index contributed by atoms with van der Waals surface area (Å²) in [5.74, 6) is 0.570. The average molecular weight is 289 g/mol. The van der Waals surface area contributed by atoms with E-state index in [9.17, 15) is 4.79 Å². The molecule has 0 saturated heterocycles. The van der Waals surface area contributed by atoms with Crippen molar-refractivity contribution in [2.75, 3.05) is 0 Å². The van der Waals surface area contributed by atoms with E-state index in [1.807, 2.05) is 20.8 Å². The summed E-state index contributed by atoms with van der Waals surface area (Å²) in [4.78, 5) is 16.2. The number of carbonyl (C=O) groups excluding carboxylic acids is 1. The molecule has 1 N–H and O–H groups in total. The summed E-state index contributed by atoms with van der Waals surface area (Å²) in [5, 5.41) is 2.91. The van der Waals surface area contributed by atoms with Crippen molar-refractivity contribution in [1.29, 1.82) is 0 Å². The summed E-state index contributed by atoms with van der Waals surface area (Å²) in [7, 11) is 0. The highest BCUT2D eigenvalue weighted by molar-refractivity contribution is 9.09. The van der Waals surface area contributed by atoms with E-state index in [1.54, 1.807) is 13.8 Å². The summed E-state index contributed by atoms with van der Waals surface area (Å²) in [6.45, 7) is 9.36. The van der Waals surface area contributed by atoms with E-state index in [0.717, 1.165) is 0 Å². The van der Waals surface area contributed by atoms with Gasteiger partial charge in [-0.15, -0.1) is 0 Å². The number of halogens is 1. The number of nitrogens with zero attached hydrogens (tertiary/aromatic N) is 1. The van der Waals surface area contributed by atoms with E-state index in [4.69, 9.17) is 4.42 Å². The maximum atomic E-state index is 11.9. The first-order valence-corrected chi connectivity index (χ1v) is 6.06. The number of hydrogen-bond donors (Lipinski definition) is 1. The predicted molar refractivity (Wildman–Crippen MR) is 65.9 cm³/mol. The van der Waals surface area contributed by atoms with Gasteiger partial charge in [0.25, 0.3) is 5.91 Å². The van der Waals surface area contributed by atoms with Gasteiger partial charge in [-0.2, -0.15) is 0 Å². The van der Waals surface area contributed by atoms with Crippen LogP contribution in [0.1, 0.15) is 42.9 Å². The lowest BCUT2D eigenvalue weighted by atomic mass is 10.0. The molecule has 90 valence electrons. The Kier molecular flexibility index (Phi) is 3.78. The van der Waals surface area contributed by atoms with E-state index in [1.165, 1.54) is 0 Å². The second-order valence-electron chi connectivity index (χ2n) is 4.44. The maximum absolute atomic E-state index is 11.9. The molecule has 1 atom stereocenters. The van der Waals surface area contributed by atoms with Crippen LogP contribution in [0.25, 0.3) is 0 Å². The summed E-state index contributed by atoms with van der Waals surface area (Å²) in [6.07, 6.45) is 0.